The van der Waals surface area contributed by atoms with Crippen molar-refractivity contribution in [3.05, 3.63) is 101 Å². The number of amides is 1. The summed E-state index contributed by atoms with van der Waals surface area (Å²) in [5.74, 6) is 0.305. The number of nitrogens with one attached hydrogen (secondary N) is 1. The molecule has 4 aromatic rings. The Hall–Kier alpha value is -3.93. The standard InChI is InChI=1S/C26H24FN3O2/c1-18-24(16-28-29-26(31)15-19-9-13-22(32-2)14-10-19)23-5-3-4-6-25(23)30(18)17-20-7-11-21(27)12-8-20/h3-14,16H,15,17H2,1-2H3,(H,29,31)/b28-16-. The zero-order valence-corrected chi connectivity index (χ0v) is 18.0. The molecule has 5 nitrogen and oxygen atoms in total. The molecule has 0 fully saturated rings. The zero-order valence-electron chi connectivity index (χ0n) is 18.0. The smallest absolute Gasteiger partial charge is 0.244 e. The number of hydrogen-bond acceptors (Lipinski definition) is 3. The Bertz CT molecular complexity index is 1260. The van der Waals surface area contributed by atoms with Crippen molar-refractivity contribution in [3.63, 3.8) is 0 Å². The number of hydrogen-bond donors (Lipinski definition) is 1. The minimum atomic E-state index is -0.249. The molecule has 1 aromatic heterocycles. The lowest BCUT2D eigenvalue weighted by molar-refractivity contribution is -0.120. The quantitative estimate of drug-likeness (QED) is 0.338. The highest BCUT2D eigenvalue weighted by Crippen LogP contribution is 2.25. The lowest BCUT2D eigenvalue weighted by atomic mass is 10.1. The number of carbonyl (C=O) groups is 1. The number of methoxy groups -OCH3 is 1. The molecule has 3 aromatic carbocycles. The predicted octanol–water partition coefficient (Wildman–Crippen LogP) is 4.84. The van der Waals surface area contributed by atoms with Gasteiger partial charge >= 0.3 is 0 Å². The molecular weight excluding hydrogens is 405 g/mol. The van der Waals surface area contributed by atoms with Gasteiger partial charge in [0.1, 0.15) is 11.6 Å². The van der Waals surface area contributed by atoms with E-state index in [0.717, 1.165) is 39.0 Å². The van der Waals surface area contributed by atoms with E-state index in [2.05, 4.69) is 15.1 Å². The van der Waals surface area contributed by atoms with Crippen molar-refractivity contribution < 1.29 is 13.9 Å². The molecule has 0 aliphatic rings. The molecule has 0 aliphatic carbocycles. The Morgan fingerprint density at radius 1 is 1.03 bits per heavy atom. The molecule has 0 spiro atoms. The predicted molar refractivity (Wildman–Crippen MR) is 125 cm³/mol. The van der Waals surface area contributed by atoms with Crippen LogP contribution in [0.15, 0.2) is 77.9 Å². The molecular formula is C26H24FN3O2. The zero-order chi connectivity index (χ0) is 22.5. The van der Waals surface area contributed by atoms with Crippen molar-refractivity contribution >= 4 is 23.0 Å². The van der Waals surface area contributed by atoms with Crippen LogP contribution in [0.3, 0.4) is 0 Å². The first-order valence-corrected chi connectivity index (χ1v) is 10.3. The van der Waals surface area contributed by atoms with Gasteiger partial charge in [-0.3, -0.25) is 4.79 Å². The largest absolute Gasteiger partial charge is 0.497 e. The number of nitrogens with zero attached hydrogens (tertiary/aromatic N) is 2. The SMILES string of the molecule is COc1ccc(CC(=O)N/N=C\c2c(C)n(Cc3ccc(F)cc3)c3ccccc23)cc1. The van der Waals surface area contributed by atoms with Gasteiger partial charge in [0.2, 0.25) is 5.91 Å². The minimum Gasteiger partial charge on any atom is -0.497 e. The Balaban J connectivity index is 1.52. The summed E-state index contributed by atoms with van der Waals surface area (Å²) in [5, 5.41) is 5.24. The number of benzene rings is 3. The second-order valence-electron chi connectivity index (χ2n) is 7.55. The van der Waals surface area contributed by atoms with Gasteiger partial charge in [-0.1, -0.05) is 42.5 Å². The van der Waals surface area contributed by atoms with E-state index in [1.807, 2.05) is 55.5 Å². The topological polar surface area (TPSA) is 55.6 Å². The van der Waals surface area contributed by atoms with E-state index >= 15 is 0 Å². The van der Waals surface area contributed by atoms with Gasteiger partial charge in [-0.05, 0) is 48.4 Å². The molecule has 0 bridgehead atoms. The lowest BCUT2D eigenvalue weighted by Crippen LogP contribution is -2.19. The molecule has 6 heteroatoms. The van der Waals surface area contributed by atoms with Gasteiger partial charge in [0.05, 0.1) is 19.7 Å². The highest BCUT2D eigenvalue weighted by atomic mass is 19.1. The molecule has 4 rings (SSSR count). The van der Waals surface area contributed by atoms with E-state index in [-0.39, 0.29) is 18.1 Å². The Morgan fingerprint density at radius 3 is 2.44 bits per heavy atom. The van der Waals surface area contributed by atoms with Crippen LogP contribution in [0.4, 0.5) is 4.39 Å². The van der Waals surface area contributed by atoms with E-state index in [1.165, 1.54) is 12.1 Å². The molecule has 0 atom stereocenters. The maximum atomic E-state index is 13.3. The second kappa shape index (κ2) is 9.47. The Labute approximate surface area is 186 Å². The van der Waals surface area contributed by atoms with Crippen LogP contribution in [0, 0.1) is 12.7 Å². The summed E-state index contributed by atoms with van der Waals surface area (Å²) in [5.41, 5.74) is 7.51. The van der Waals surface area contributed by atoms with E-state index < -0.39 is 0 Å². The summed E-state index contributed by atoms with van der Waals surface area (Å²) in [6.45, 7) is 2.63. The highest BCUT2D eigenvalue weighted by Gasteiger charge is 2.13. The van der Waals surface area contributed by atoms with Crippen LogP contribution in [0.2, 0.25) is 0 Å². The van der Waals surface area contributed by atoms with Crippen LogP contribution in [-0.2, 0) is 17.8 Å². The third-order valence-electron chi connectivity index (χ3n) is 5.44. The molecule has 0 unspecified atom stereocenters. The lowest BCUT2D eigenvalue weighted by Gasteiger charge is -2.08. The second-order valence-corrected chi connectivity index (χ2v) is 7.55. The Morgan fingerprint density at radius 2 is 1.72 bits per heavy atom. The third-order valence-corrected chi connectivity index (χ3v) is 5.44. The van der Waals surface area contributed by atoms with E-state index in [0.29, 0.717) is 6.54 Å². The Kier molecular flexibility index (Phi) is 6.31. The van der Waals surface area contributed by atoms with E-state index in [4.69, 9.17) is 4.74 Å². The molecule has 0 radical (unpaired) electrons. The fourth-order valence-electron chi connectivity index (χ4n) is 3.73. The van der Waals surface area contributed by atoms with E-state index in [1.54, 1.807) is 25.5 Å². The van der Waals surface area contributed by atoms with E-state index in [9.17, 15) is 9.18 Å². The van der Waals surface area contributed by atoms with Gasteiger partial charge in [0.15, 0.2) is 0 Å². The van der Waals surface area contributed by atoms with Gasteiger partial charge in [-0.15, -0.1) is 0 Å². The molecule has 1 N–H and O–H groups in total. The maximum Gasteiger partial charge on any atom is 0.244 e. The number of carbonyl (C=O) groups excluding carboxylic acids is 1. The third kappa shape index (κ3) is 4.70. The summed E-state index contributed by atoms with van der Waals surface area (Å²) >= 11 is 0. The van der Waals surface area contributed by atoms with Gasteiger partial charge in [0, 0.05) is 28.7 Å². The molecule has 1 amide bonds. The highest BCUT2D eigenvalue weighted by molar-refractivity contribution is 6.01. The first kappa shape index (κ1) is 21.3. The van der Waals surface area contributed by atoms with Crippen molar-refractivity contribution in [1.29, 1.82) is 0 Å². The summed E-state index contributed by atoms with van der Waals surface area (Å²) in [6, 6.07) is 21.9. The number of halogens is 1. The minimum absolute atomic E-state index is 0.195. The normalized spacial score (nSPS) is 11.2. The fraction of sp³-hybridized carbons (Fsp3) is 0.154. The molecule has 1 heterocycles. The first-order valence-electron chi connectivity index (χ1n) is 10.3. The number of rotatable bonds is 7. The summed E-state index contributed by atoms with van der Waals surface area (Å²) < 4.78 is 20.6. The van der Waals surface area contributed by atoms with Crippen LogP contribution in [0.1, 0.15) is 22.4 Å². The average molecular weight is 429 g/mol. The van der Waals surface area contributed by atoms with Crippen LogP contribution in [-0.4, -0.2) is 23.8 Å². The van der Waals surface area contributed by atoms with Crippen LogP contribution >= 0.6 is 0 Å². The van der Waals surface area contributed by atoms with Crippen LogP contribution in [0.5, 0.6) is 5.75 Å². The van der Waals surface area contributed by atoms with Gasteiger partial charge in [-0.25, -0.2) is 9.82 Å². The van der Waals surface area contributed by atoms with Crippen molar-refractivity contribution in [2.24, 2.45) is 5.10 Å². The van der Waals surface area contributed by atoms with Gasteiger partial charge in [0.25, 0.3) is 0 Å². The number of para-hydroxylation sites is 1. The number of hydrazone groups is 1. The molecule has 0 saturated carbocycles. The van der Waals surface area contributed by atoms with Crippen molar-refractivity contribution in [3.8, 4) is 5.75 Å². The maximum absolute atomic E-state index is 13.3. The fourth-order valence-corrected chi connectivity index (χ4v) is 3.73. The van der Waals surface area contributed by atoms with Crippen LogP contribution < -0.4 is 10.2 Å². The van der Waals surface area contributed by atoms with Crippen LogP contribution in [0.25, 0.3) is 10.9 Å². The number of fused-ring (bicyclic) bond motifs is 1. The van der Waals surface area contributed by atoms with Crippen molar-refractivity contribution in [2.45, 2.75) is 19.9 Å². The summed E-state index contributed by atoms with van der Waals surface area (Å²) in [6.07, 6.45) is 1.91. The first-order chi connectivity index (χ1) is 15.5. The summed E-state index contributed by atoms with van der Waals surface area (Å²) in [4.78, 5) is 12.3. The molecule has 32 heavy (non-hydrogen) atoms. The van der Waals surface area contributed by atoms with Crippen molar-refractivity contribution in [1.82, 2.24) is 9.99 Å². The molecule has 0 saturated heterocycles. The summed E-state index contributed by atoms with van der Waals surface area (Å²) in [7, 11) is 1.61. The number of aromatic nitrogens is 1. The average Bonchev–Trinajstić information content (AvgIpc) is 3.07. The monoisotopic (exact) mass is 429 g/mol. The number of ether oxygens (including phenoxy) is 1. The molecule has 162 valence electrons. The molecule has 0 aliphatic heterocycles. The van der Waals surface area contributed by atoms with Gasteiger partial charge < -0.3 is 9.30 Å². The van der Waals surface area contributed by atoms with Crippen molar-refractivity contribution in [2.75, 3.05) is 7.11 Å². The van der Waals surface area contributed by atoms with Gasteiger partial charge in [-0.2, -0.15) is 5.10 Å².